The van der Waals surface area contributed by atoms with Gasteiger partial charge in [0.15, 0.2) is 12.2 Å². The van der Waals surface area contributed by atoms with Crippen LogP contribution in [0.5, 0.6) is 0 Å². The summed E-state index contributed by atoms with van der Waals surface area (Å²) in [5, 5.41) is 24.8. The molecule has 2 fully saturated rings. The summed E-state index contributed by atoms with van der Waals surface area (Å²) >= 11 is 0. The zero-order valence-electron chi connectivity index (χ0n) is 74.0. The minimum Gasteiger partial charge on any atom is -0.462 e. The number of aliphatic hydroxyl groups excluding tert-OH is 2. The largest absolute Gasteiger partial charge is 0.462 e. The number of amides is 2. The molecule has 2 aliphatic heterocycles. The van der Waals surface area contributed by atoms with E-state index >= 15 is 0 Å². The van der Waals surface area contributed by atoms with E-state index in [0.29, 0.717) is 30.3 Å². The topological polar surface area (TPSA) is 435 Å². The second kappa shape index (κ2) is 52.8. The minimum absolute atomic E-state index is 0.0169. The summed E-state index contributed by atoms with van der Waals surface area (Å²) in [7, 11) is 0. The van der Waals surface area contributed by atoms with Crippen LogP contribution in [0, 0.1) is 16.2 Å². The first-order chi connectivity index (χ1) is 61.0. The van der Waals surface area contributed by atoms with Gasteiger partial charge in [0.25, 0.3) is 0 Å². The van der Waals surface area contributed by atoms with Gasteiger partial charge in [-0.25, -0.2) is 47.9 Å². The molecular formula is C97H111N3O29. The number of hydrogen-bond acceptors (Lipinski definition) is 30. The van der Waals surface area contributed by atoms with Gasteiger partial charge in [-0.1, -0.05) is 192 Å². The molecule has 2 aliphatic rings. The Morgan fingerprint density at radius 1 is 0.372 bits per heavy atom. The van der Waals surface area contributed by atoms with Crippen molar-refractivity contribution in [2.24, 2.45) is 21.2 Å². The third kappa shape index (κ3) is 39.2. The van der Waals surface area contributed by atoms with Gasteiger partial charge in [0.1, 0.15) is 90.5 Å². The van der Waals surface area contributed by atoms with Crippen LogP contribution in [-0.2, 0) is 119 Å². The van der Waals surface area contributed by atoms with Gasteiger partial charge in [-0.3, -0.25) is 25.0 Å². The molecule has 0 aromatic heterocycles. The van der Waals surface area contributed by atoms with Crippen LogP contribution in [-0.4, -0.2) is 204 Å². The predicted molar refractivity (Wildman–Crippen MR) is 474 cm³/mol. The van der Waals surface area contributed by atoms with E-state index in [-0.39, 0.29) is 103 Å². The van der Waals surface area contributed by atoms with Gasteiger partial charge in [0.2, 0.25) is 6.08 Å². The number of ether oxygens (including phenoxy) is 14. The van der Waals surface area contributed by atoms with Gasteiger partial charge in [-0.05, 0) is 123 Å². The second-order valence-corrected chi connectivity index (χ2v) is 31.5. The summed E-state index contributed by atoms with van der Waals surface area (Å²) < 4.78 is 71.9. The fourth-order valence-corrected chi connectivity index (χ4v) is 10.8. The summed E-state index contributed by atoms with van der Waals surface area (Å²) in [6.07, 6.45) is -5.33. The van der Waals surface area contributed by atoms with Crippen molar-refractivity contribution in [3.05, 3.63) is 249 Å². The minimum atomic E-state index is -1.37. The van der Waals surface area contributed by atoms with Crippen molar-refractivity contribution in [2.75, 3.05) is 89.9 Å². The van der Waals surface area contributed by atoms with Crippen molar-refractivity contribution in [1.82, 2.24) is 0 Å². The maximum atomic E-state index is 13.4. The number of rotatable bonds is 44. The highest BCUT2D eigenvalue weighted by Crippen LogP contribution is 2.34. The van der Waals surface area contributed by atoms with Crippen molar-refractivity contribution < 1.29 is 139 Å². The van der Waals surface area contributed by atoms with E-state index in [0.717, 1.165) is 33.4 Å². The smallest absolute Gasteiger partial charge is 0.412 e. The van der Waals surface area contributed by atoms with Crippen LogP contribution in [0.4, 0.5) is 26.7 Å². The molecule has 0 radical (unpaired) electrons. The van der Waals surface area contributed by atoms with Gasteiger partial charge in [0.05, 0.1) is 46.5 Å². The lowest BCUT2D eigenvalue weighted by Crippen LogP contribution is -2.36. The Morgan fingerprint density at radius 2 is 0.636 bits per heavy atom. The quantitative estimate of drug-likeness (QED) is 0.00689. The molecule has 32 nitrogen and oxygen atoms in total. The lowest BCUT2D eigenvalue weighted by molar-refractivity contribution is -0.160. The maximum Gasteiger partial charge on any atom is 0.412 e. The molecule has 129 heavy (non-hydrogen) atoms. The monoisotopic (exact) mass is 1780 g/mol. The number of aliphatic hydroxyl groups is 2. The Balaban J connectivity index is 0.000000360. The number of benzene rings is 6. The highest BCUT2D eigenvalue weighted by atomic mass is 16.6. The fourth-order valence-electron chi connectivity index (χ4n) is 10.8. The molecule has 0 aliphatic carbocycles. The number of hydrogen-bond donors (Lipinski definition) is 4. The molecule has 0 bridgehead atoms. The summed E-state index contributed by atoms with van der Waals surface area (Å²) in [6, 6.07) is 50.2. The molecule has 6 atom stereocenters. The van der Waals surface area contributed by atoms with E-state index in [1.165, 1.54) is 55.4 Å². The van der Waals surface area contributed by atoms with E-state index in [2.05, 4.69) is 61.7 Å². The lowest BCUT2D eigenvalue weighted by atomic mass is 9.86. The Kier molecular flexibility index (Phi) is 43.2. The first-order valence-electron chi connectivity index (χ1n) is 40.4. The molecule has 4 N–H and O–H groups in total. The third-order valence-electron chi connectivity index (χ3n) is 17.9. The van der Waals surface area contributed by atoms with Crippen molar-refractivity contribution in [3.63, 3.8) is 0 Å². The van der Waals surface area contributed by atoms with Crippen molar-refractivity contribution in [3.8, 4) is 33.4 Å². The number of nitrogens with one attached hydrogen (secondary N) is 2. The zero-order chi connectivity index (χ0) is 95.6. The molecule has 6 aromatic rings. The van der Waals surface area contributed by atoms with Crippen LogP contribution in [0.1, 0.15) is 88.5 Å². The molecule has 2 saturated heterocycles. The average molecular weight is 1780 g/mol. The third-order valence-corrected chi connectivity index (χ3v) is 17.9. The van der Waals surface area contributed by atoms with Crippen LogP contribution in [0.15, 0.2) is 254 Å². The Bertz CT molecular complexity index is 5020. The first kappa shape index (κ1) is 105. The van der Waals surface area contributed by atoms with Crippen LogP contribution in [0.2, 0.25) is 0 Å². The molecule has 6 unspecified atom stereocenters. The van der Waals surface area contributed by atoms with Crippen LogP contribution >= 0.6 is 0 Å². The van der Waals surface area contributed by atoms with E-state index < -0.39 is 146 Å². The molecule has 2 heterocycles. The highest BCUT2D eigenvalue weighted by Gasteiger charge is 2.38. The van der Waals surface area contributed by atoms with Crippen LogP contribution < -0.4 is 10.6 Å². The normalized spacial score (nSPS) is 13.6. The zero-order valence-corrected chi connectivity index (χ0v) is 74.0. The van der Waals surface area contributed by atoms with Gasteiger partial charge in [-0.15, -0.1) is 0 Å². The molecule has 6 aromatic carbocycles. The number of anilines is 2. The van der Waals surface area contributed by atoms with Crippen molar-refractivity contribution in [2.45, 2.75) is 125 Å². The van der Waals surface area contributed by atoms with E-state index in [1.807, 2.05) is 133 Å². The molecule has 0 saturated carbocycles. The number of epoxide rings is 2. The number of para-hydroxylation sites is 3. The molecule has 2 amide bonds. The Morgan fingerprint density at radius 3 is 0.984 bits per heavy atom. The number of carbonyl (C=O) groups is 12. The average Bonchev–Trinajstić information content (AvgIpc) is 1.75. The summed E-state index contributed by atoms with van der Waals surface area (Å²) in [4.78, 5) is 162. The maximum absolute atomic E-state index is 13.4. The number of esters is 10. The highest BCUT2D eigenvalue weighted by molar-refractivity contribution is 5.95. The summed E-state index contributed by atoms with van der Waals surface area (Å²) in [5.74, 6) is -7.01. The van der Waals surface area contributed by atoms with E-state index in [9.17, 15) is 72.5 Å². The summed E-state index contributed by atoms with van der Waals surface area (Å²) in [6.45, 7) is 38.3. The number of isocyanates is 1. The SMILES string of the molecule is C=C(C)C(=O)OCC(COC(=O)C(=C)CC(C)(C)C(=O)OCC(COC(=O)C(=C)C)OC(=O)Nc1ccccc1-c1ccccc1)OC(=O)Nc1ccccc1-c1ccccc1.C=C(C)C(=O)OCC(O)COC(=O)C(=C)CC(C)(C)C(=O)OCC(O)COC(=O)C(=C)C.C=C(CC(C)(C)C(=O)OCC1CO1)C(=O)OCC1CO1.O=C=Nc1ccccc1-c1ccccc1. The number of nitrogens with zero attached hydrogens (tertiary/aromatic N) is 1. The molecule has 32 heteroatoms. The van der Waals surface area contributed by atoms with Gasteiger partial charge in [-0.2, -0.15) is 4.99 Å². The molecule has 688 valence electrons. The van der Waals surface area contributed by atoms with Gasteiger partial charge in [0, 0.05) is 55.7 Å². The van der Waals surface area contributed by atoms with Crippen molar-refractivity contribution in [1.29, 1.82) is 0 Å². The van der Waals surface area contributed by atoms with Gasteiger partial charge >= 0.3 is 71.9 Å². The first-order valence-corrected chi connectivity index (χ1v) is 40.4. The molecule has 0 spiro atoms. The summed E-state index contributed by atoms with van der Waals surface area (Å²) in [5.41, 5.74) is 3.92. The standard InChI is InChI=1S/C48H50N2O12.C22H32O10.C14H20O6.C13H9NO/c1-31(2)42(51)57-27-36(61-46(55)49-40-24-16-14-22-38(40)34-18-10-8-11-19-34)29-59-44(53)33(5)26-48(6,7)45(54)60-30-37(28-58-43(52)32(3)4)62-47(56)50-41-25-17-15-23-39(41)35-20-12-9-13-21-35;1-13(2)18(25)29-9-16(23)11-31-20(27)15(5)8-22(6,7)21(28)32-12-17(24)10-30-19(26)14(3)4;1-9(12(15)19-7-10-5-17-10)4-14(2,3)13(16)20-8-11-6-18-11;15-10-14-13-9-5-4-8-12(13)11-6-2-1-3-7-11/h8-25,36-37H,1,3,5,26-30H2,2,4,6-7H3,(H,49,55)(H,50,56);16-17,23-24H,1,3,5,8-12H2,2,4,6-7H3;10-11H,1,4-8H2,2-3H3;1-9H. The Labute approximate surface area is 748 Å². The Hall–Kier alpha value is -14.0. The van der Waals surface area contributed by atoms with Crippen LogP contribution in [0.25, 0.3) is 33.4 Å². The van der Waals surface area contributed by atoms with Gasteiger partial charge < -0.3 is 76.5 Å². The number of aliphatic imine (C=N–C) groups is 1. The lowest BCUT2D eigenvalue weighted by Gasteiger charge is -2.25. The van der Waals surface area contributed by atoms with Crippen LogP contribution in [0.3, 0.4) is 0 Å². The molecular weight excluding hydrogens is 1670 g/mol. The second-order valence-electron chi connectivity index (χ2n) is 31.5. The van der Waals surface area contributed by atoms with Crippen molar-refractivity contribution >= 4 is 95.0 Å². The predicted octanol–water partition coefficient (Wildman–Crippen LogP) is 14.0. The van der Waals surface area contributed by atoms with E-state index in [1.54, 1.807) is 50.3 Å². The fraction of sp³-hybridized carbons (Fsp3) is 0.351. The molecule has 8 rings (SSSR count). The number of carbonyl (C=O) groups excluding carboxylic acids is 13. The van der Waals surface area contributed by atoms with E-state index in [4.69, 9.17) is 66.3 Å².